The van der Waals surface area contributed by atoms with Crippen LogP contribution in [0.15, 0.2) is 24.8 Å². The van der Waals surface area contributed by atoms with Gasteiger partial charge in [0.15, 0.2) is 0 Å². The van der Waals surface area contributed by atoms with Crippen LogP contribution in [0.5, 0.6) is 5.75 Å². The van der Waals surface area contributed by atoms with E-state index in [-0.39, 0.29) is 0 Å². The van der Waals surface area contributed by atoms with Crippen molar-refractivity contribution in [1.82, 2.24) is 0 Å². The largest absolute Gasteiger partial charge is 0.489 e. The molecule has 0 aliphatic rings. The minimum atomic E-state index is 0.560. The molecule has 0 aliphatic heterocycles. The quantitative estimate of drug-likeness (QED) is 0.619. The Hall–Kier alpha value is -1.24. The van der Waals surface area contributed by atoms with E-state index in [2.05, 4.69) is 12.6 Å². The summed E-state index contributed by atoms with van der Waals surface area (Å²) in [6.07, 6.45) is 1.74. The molecule has 0 atom stereocenters. The molecule has 1 radical (unpaired) electrons. The summed E-state index contributed by atoms with van der Waals surface area (Å²) in [5.74, 6) is 0.922. The molecule has 0 aliphatic carbocycles. The van der Waals surface area contributed by atoms with Crippen molar-refractivity contribution in [3.63, 3.8) is 0 Å². The van der Waals surface area contributed by atoms with Crippen molar-refractivity contribution >= 4 is 0 Å². The SMILES string of the molecule is C=CCOc1cc[c]c(C)c1C. The Morgan fingerprint density at radius 3 is 3.00 bits per heavy atom. The zero-order valence-corrected chi connectivity index (χ0v) is 7.55. The van der Waals surface area contributed by atoms with E-state index in [0.29, 0.717) is 6.61 Å². The highest BCUT2D eigenvalue weighted by Crippen LogP contribution is 2.19. The van der Waals surface area contributed by atoms with Crippen LogP contribution in [-0.2, 0) is 0 Å². The minimum absolute atomic E-state index is 0.560. The molecule has 63 valence electrons. The number of benzene rings is 1. The maximum absolute atomic E-state index is 5.43. The molecule has 1 aromatic rings. The van der Waals surface area contributed by atoms with E-state index >= 15 is 0 Å². The monoisotopic (exact) mass is 161 g/mol. The molecule has 1 aromatic carbocycles. The molecular formula is C11H13O. The Balaban J connectivity index is 2.84. The Morgan fingerprint density at radius 1 is 1.58 bits per heavy atom. The van der Waals surface area contributed by atoms with Gasteiger partial charge in [0.2, 0.25) is 0 Å². The van der Waals surface area contributed by atoms with Gasteiger partial charge in [0.1, 0.15) is 12.4 Å². The fraction of sp³-hybridized carbons (Fsp3) is 0.273. The summed E-state index contributed by atoms with van der Waals surface area (Å²) >= 11 is 0. The summed E-state index contributed by atoms with van der Waals surface area (Å²) < 4.78 is 5.43. The van der Waals surface area contributed by atoms with Crippen molar-refractivity contribution in [2.24, 2.45) is 0 Å². The molecule has 0 fully saturated rings. The molecule has 0 saturated heterocycles. The average Bonchev–Trinajstić information content (AvgIpc) is 2.08. The lowest BCUT2D eigenvalue weighted by atomic mass is 10.1. The molecule has 0 amide bonds. The first-order valence-electron chi connectivity index (χ1n) is 3.97. The van der Waals surface area contributed by atoms with Gasteiger partial charge in [-0.2, -0.15) is 0 Å². The third kappa shape index (κ3) is 1.88. The van der Waals surface area contributed by atoms with Gasteiger partial charge < -0.3 is 4.74 Å². The average molecular weight is 161 g/mol. The van der Waals surface area contributed by atoms with E-state index < -0.39 is 0 Å². The van der Waals surface area contributed by atoms with E-state index in [0.717, 1.165) is 16.9 Å². The fourth-order valence-corrected chi connectivity index (χ4v) is 0.965. The fourth-order valence-electron chi connectivity index (χ4n) is 0.965. The van der Waals surface area contributed by atoms with Crippen molar-refractivity contribution in [2.45, 2.75) is 13.8 Å². The van der Waals surface area contributed by atoms with Gasteiger partial charge in [-0.25, -0.2) is 0 Å². The molecule has 0 heterocycles. The zero-order valence-electron chi connectivity index (χ0n) is 7.55. The van der Waals surface area contributed by atoms with Crippen LogP contribution in [0.2, 0.25) is 0 Å². The molecule has 1 rings (SSSR count). The van der Waals surface area contributed by atoms with Gasteiger partial charge in [0, 0.05) is 0 Å². The molecular weight excluding hydrogens is 148 g/mol. The van der Waals surface area contributed by atoms with Crippen molar-refractivity contribution in [3.8, 4) is 5.75 Å². The lowest BCUT2D eigenvalue weighted by Crippen LogP contribution is -1.95. The van der Waals surface area contributed by atoms with Crippen molar-refractivity contribution in [1.29, 1.82) is 0 Å². The lowest BCUT2D eigenvalue weighted by molar-refractivity contribution is 0.360. The summed E-state index contributed by atoms with van der Waals surface area (Å²) in [7, 11) is 0. The van der Waals surface area contributed by atoms with Crippen molar-refractivity contribution in [2.75, 3.05) is 6.61 Å². The predicted octanol–water partition coefficient (Wildman–Crippen LogP) is 2.67. The van der Waals surface area contributed by atoms with E-state index in [9.17, 15) is 0 Å². The standard InChI is InChI=1S/C11H13O/c1-4-8-12-11-7-5-6-9(2)10(11)3/h4-5,7H,1,8H2,2-3H3. The molecule has 0 spiro atoms. The van der Waals surface area contributed by atoms with Crippen molar-refractivity contribution < 1.29 is 4.74 Å². The van der Waals surface area contributed by atoms with Crippen molar-refractivity contribution in [3.05, 3.63) is 42.0 Å². The Morgan fingerprint density at radius 2 is 2.33 bits per heavy atom. The van der Waals surface area contributed by atoms with E-state index in [1.807, 2.05) is 26.0 Å². The van der Waals surface area contributed by atoms with Crippen LogP contribution in [-0.4, -0.2) is 6.61 Å². The number of hydrogen-bond donors (Lipinski definition) is 0. The van der Waals surface area contributed by atoms with Crippen LogP contribution in [0.1, 0.15) is 11.1 Å². The van der Waals surface area contributed by atoms with Crippen LogP contribution in [0.4, 0.5) is 0 Å². The molecule has 1 nitrogen and oxygen atoms in total. The molecule has 12 heavy (non-hydrogen) atoms. The Labute approximate surface area is 73.7 Å². The first-order valence-corrected chi connectivity index (χ1v) is 3.97. The van der Waals surface area contributed by atoms with Gasteiger partial charge in [-0.1, -0.05) is 18.7 Å². The van der Waals surface area contributed by atoms with Crippen LogP contribution in [0.3, 0.4) is 0 Å². The van der Waals surface area contributed by atoms with E-state index in [1.54, 1.807) is 6.08 Å². The number of hydrogen-bond acceptors (Lipinski definition) is 1. The van der Waals surface area contributed by atoms with Crippen LogP contribution >= 0.6 is 0 Å². The zero-order chi connectivity index (χ0) is 8.97. The normalized spacial score (nSPS) is 9.50. The third-order valence-corrected chi connectivity index (χ3v) is 1.82. The summed E-state index contributed by atoms with van der Waals surface area (Å²) in [6, 6.07) is 6.91. The van der Waals surface area contributed by atoms with Gasteiger partial charge in [-0.15, -0.1) is 0 Å². The molecule has 0 bridgehead atoms. The summed E-state index contributed by atoms with van der Waals surface area (Å²) in [5.41, 5.74) is 2.29. The van der Waals surface area contributed by atoms with Crippen LogP contribution in [0.25, 0.3) is 0 Å². The Bertz CT molecular complexity index is 276. The van der Waals surface area contributed by atoms with Gasteiger partial charge in [-0.05, 0) is 37.1 Å². The lowest BCUT2D eigenvalue weighted by Gasteiger charge is -2.07. The second-order valence-electron chi connectivity index (χ2n) is 2.69. The molecule has 0 N–H and O–H groups in total. The van der Waals surface area contributed by atoms with Gasteiger partial charge in [-0.3, -0.25) is 0 Å². The highest BCUT2D eigenvalue weighted by atomic mass is 16.5. The second-order valence-corrected chi connectivity index (χ2v) is 2.69. The molecule has 0 saturated carbocycles. The first kappa shape index (κ1) is 8.85. The van der Waals surface area contributed by atoms with Gasteiger partial charge in [0.05, 0.1) is 0 Å². The number of ether oxygens (including phenoxy) is 1. The first-order chi connectivity index (χ1) is 5.75. The second kappa shape index (κ2) is 3.96. The maximum Gasteiger partial charge on any atom is 0.122 e. The topological polar surface area (TPSA) is 9.23 Å². The molecule has 0 unspecified atom stereocenters. The van der Waals surface area contributed by atoms with E-state index in [1.165, 1.54) is 0 Å². The van der Waals surface area contributed by atoms with Gasteiger partial charge in [0.25, 0.3) is 0 Å². The third-order valence-electron chi connectivity index (χ3n) is 1.82. The van der Waals surface area contributed by atoms with E-state index in [4.69, 9.17) is 4.74 Å². The number of aryl methyl sites for hydroxylation is 1. The molecule has 1 heteroatoms. The Kier molecular flexibility index (Phi) is 2.92. The smallest absolute Gasteiger partial charge is 0.122 e. The summed E-state index contributed by atoms with van der Waals surface area (Å²) in [6.45, 7) is 8.21. The highest BCUT2D eigenvalue weighted by Gasteiger charge is 1.99. The highest BCUT2D eigenvalue weighted by molar-refractivity contribution is 5.37. The van der Waals surface area contributed by atoms with Crippen LogP contribution < -0.4 is 4.74 Å². The summed E-state index contributed by atoms with van der Waals surface area (Å²) in [5, 5.41) is 0. The number of rotatable bonds is 3. The maximum atomic E-state index is 5.43. The minimum Gasteiger partial charge on any atom is -0.489 e. The van der Waals surface area contributed by atoms with Gasteiger partial charge >= 0.3 is 0 Å². The predicted molar refractivity (Wildman–Crippen MR) is 50.4 cm³/mol. The van der Waals surface area contributed by atoms with Crippen LogP contribution in [0, 0.1) is 19.9 Å². The summed E-state index contributed by atoms with van der Waals surface area (Å²) in [4.78, 5) is 0. The molecule has 0 aromatic heterocycles.